The molecule has 0 aliphatic heterocycles. The molecule has 2 rings (SSSR count). The zero-order valence-corrected chi connectivity index (χ0v) is 10.3. The van der Waals surface area contributed by atoms with E-state index >= 15 is 0 Å². The normalized spacial score (nSPS) is 10.2. The largest absolute Gasteiger partial charge is 0.392 e. The molecule has 1 aromatic carbocycles. The zero-order valence-electron chi connectivity index (χ0n) is 10.3. The Morgan fingerprint density at radius 1 is 1.26 bits per heavy atom. The number of rotatable bonds is 5. The van der Waals surface area contributed by atoms with Gasteiger partial charge in [-0.1, -0.05) is 24.3 Å². The quantitative estimate of drug-likeness (QED) is 0.753. The summed E-state index contributed by atoms with van der Waals surface area (Å²) in [5.41, 5.74) is 7.48. The second-order valence-corrected chi connectivity index (χ2v) is 4.10. The van der Waals surface area contributed by atoms with Crippen LogP contribution in [0.15, 0.2) is 42.6 Å². The highest BCUT2D eigenvalue weighted by molar-refractivity contribution is 5.97. The Labute approximate surface area is 111 Å². The van der Waals surface area contributed by atoms with Gasteiger partial charge in [-0.2, -0.15) is 0 Å². The number of hydrogen-bond acceptors (Lipinski definition) is 4. The van der Waals surface area contributed by atoms with Crippen molar-refractivity contribution in [1.29, 1.82) is 0 Å². The van der Waals surface area contributed by atoms with Crippen molar-refractivity contribution in [1.82, 2.24) is 4.98 Å². The number of carbonyl (C=O) groups is 1. The predicted octanol–water partition coefficient (Wildman–Crippen LogP) is 1.28. The zero-order chi connectivity index (χ0) is 13.7. The van der Waals surface area contributed by atoms with E-state index in [2.05, 4.69) is 10.3 Å². The number of nitrogens with one attached hydrogen (secondary N) is 1. The number of anilines is 1. The molecule has 5 heteroatoms. The van der Waals surface area contributed by atoms with Crippen molar-refractivity contribution in [3.05, 3.63) is 59.3 Å². The van der Waals surface area contributed by atoms with E-state index in [0.29, 0.717) is 17.9 Å². The van der Waals surface area contributed by atoms with Crippen LogP contribution >= 0.6 is 0 Å². The smallest absolute Gasteiger partial charge is 0.252 e. The van der Waals surface area contributed by atoms with E-state index < -0.39 is 5.91 Å². The molecule has 0 unspecified atom stereocenters. The van der Waals surface area contributed by atoms with Gasteiger partial charge in [-0.15, -0.1) is 0 Å². The summed E-state index contributed by atoms with van der Waals surface area (Å²) in [7, 11) is 0. The van der Waals surface area contributed by atoms with Crippen LogP contribution in [0.25, 0.3) is 0 Å². The summed E-state index contributed by atoms with van der Waals surface area (Å²) in [4.78, 5) is 15.3. The molecule has 1 aromatic heterocycles. The Hall–Kier alpha value is -2.40. The summed E-state index contributed by atoms with van der Waals surface area (Å²) in [6.07, 6.45) is 1.60. The number of benzene rings is 1. The van der Waals surface area contributed by atoms with Crippen molar-refractivity contribution >= 4 is 11.7 Å². The summed E-state index contributed by atoms with van der Waals surface area (Å²) in [6, 6.07) is 10.8. The highest BCUT2D eigenvalue weighted by Gasteiger charge is 2.08. The van der Waals surface area contributed by atoms with Gasteiger partial charge in [-0.25, -0.2) is 4.98 Å². The monoisotopic (exact) mass is 257 g/mol. The number of amides is 1. The molecule has 0 bridgehead atoms. The van der Waals surface area contributed by atoms with Gasteiger partial charge < -0.3 is 16.2 Å². The molecule has 1 heterocycles. The van der Waals surface area contributed by atoms with Crippen LogP contribution in [0.1, 0.15) is 21.5 Å². The molecule has 0 fully saturated rings. The summed E-state index contributed by atoms with van der Waals surface area (Å²) < 4.78 is 0. The molecule has 0 aliphatic carbocycles. The van der Waals surface area contributed by atoms with Crippen LogP contribution in [0, 0.1) is 0 Å². The highest BCUT2D eigenvalue weighted by Crippen LogP contribution is 2.13. The minimum absolute atomic E-state index is 0.00393. The SMILES string of the molecule is NC(=O)c1cccnc1NCc1cccc(CO)c1. The summed E-state index contributed by atoms with van der Waals surface area (Å²) in [6.45, 7) is 0.509. The van der Waals surface area contributed by atoms with Gasteiger partial charge in [0.25, 0.3) is 5.91 Å². The molecule has 98 valence electrons. The number of carbonyl (C=O) groups excluding carboxylic acids is 1. The first-order valence-corrected chi connectivity index (χ1v) is 5.88. The van der Waals surface area contributed by atoms with Crippen LogP contribution in [0.4, 0.5) is 5.82 Å². The maximum Gasteiger partial charge on any atom is 0.252 e. The fourth-order valence-corrected chi connectivity index (χ4v) is 1.77. The Balaban J connectivity index is 2.12. The van der Waals surface area contributed by atoms with Crippen LogP contribution in [-0.2, 0) is 13.2 Å². The first-order valence-electron chi connectivity index (χ1n) is 5.88. The number of hydrogen-bond donors (Lipinski definition) is 3. The number of aromatic nitrogens is 1. The second kappa shape index (κ2) is 5.97. The van der Waals surface area contributed by atoms with Crippen molar-refractivity contribution in [2.45, 2.75) is 13.2 Å². The fraction of sp³-hybridized carbons (Fsp3) is 0.143. The second-order valence-electron chi connectivity index (χ2n) is 4.10. The Bertz CT molecular complexity index is 584. The fourth-order valence-electron chi connectivity index (χ4n) is 1.77. The molecule has 2 aromatic rings. The molecule has 0 spiro atoms. The summed E-state index contributed by atoms with van der Waals surface area (Å²) >= 11 is 0. The third-order valence-electron chi connectivity index (χ3n) is 2.71. The van der Waals surface area contributed by atoms with Crippen LogP contribution < -0.4 is 11.1 Å². The highest BCUT2D eigenvalue weighted by atomic mass is 16.3. The topological polar surface area (TPSA) is 88.2 Å². The van der Waals surface area contributed by atoms with Gasteiger partial charge in [0.1, 0.15) is 5.82 Å². The molecule has 19 heavy (non-hydrogen) atoms. The van der Waals surface area contributed by atoms with Gasteiger partial charge in [0.05, 0.1) is 12.2 Å². The first kappa shape index (κ1) is 13.0. The lowest BCUT2D eigenvalue weighted by atomic mass is 10.1. The van der Waals surface area contributed by atoms with E-state index in [1.807, 2.05) is 24.3 Å². The minimum Gasteiger partial charge on any atom is -0.392 e. The van der Waals surface area contributed by atoms with E-state index in [9.17, 15) is 4.79 Å². The van der Waals surface area contributed by atoms with Crippen molar-refractivity contribution in [3.63, 3.8) is 0 Å². The molecular formula is C14H15N3O2. The van der Waals surface area contributed by atoms with Crippen molar-refractivity contribution in [3.8, 4) is 0 Å². The van der Waals surface area contributed by atoms with E-state index in [-0.39, 0.29) is 6.61 Å². The number of nitrogens with two attached hydrogens (primary N) is 1. The van der Waals surface area contributed by atoms with E-state index in [0.717, 1.165) is 11.1 Å². The van der Waals surface area contributed by atoms with E-state index in [4.69, 9.17) is 10.8 Å². The molecule has 0 atom stereocenters. The Morgan fingerprint density at radius 3 is 2.79 bits per heavy atom. The first-order chi connectivity index (χ1) is 9.20. The number of aliphatic hydroxyl groups is 1. The lowest BCUT2D eigenvalue weighted by Gasteiger charge is -2.09. The van der Waals surface area contributed by atoms with Crippen LogP contribution in [0.2, 0.25) is 0 Å². The third kappa shape index (κ3) is 3.29. The third-order valence-corrected chi connectivity index (χ3v) is 2.71. The minimum atomic E-state index is -0.514. The standard InChI is InChI=1S/C14H15N3O2/c15-13(19)12-5-2-6-16-14(12)17-8-10-3-1-4-11(7-10)9-18/h1-7,18H,8-9H2,(H2,15,19)(H,16,17). The molecule has 4 N–H and O–H groups in total. The van der Waals surface area contributed by atoms with Crippen LogP contribution in [-0.4, -0.2) is 16.0 Å². The maximum absolute atomic E-state index is 11.2. The lowest BCUT2D eigenvalue weighted by Crippen LogP contribution is -2.15. The van der Waals surface area contributed by atoms with Crippen molar-refractivity contribution in [2.75, 3.05) is 5.32 Å². The molecular weight excluding hydrogens is 242 g/mol. The molecule has 0 saturated carbocycles. The molecule has 0 saturated heterocycles. The van der Waals surface area contributed by atoms with Gasteiger partial charge in [-0.05, 0) is 23.3 Å². The van der Waals surface area contributed by atoms with Crippen LogP contribution in [0.3, 0.4) is 0 Å². The summed E-state index contributed by atoms with van der Waals surface area (Å²) in [5.74, 6) is -0.0517. The molecule has 0 aliphatic rings. The predicted molar refractivity (Wildman–Crippen MR) is 72.4 cm³/mol. The molecule has 0 radical (unpaired) electrons. The molecule has 5 nitrogen and oxygen atoms in total. The van der Waals surface area contributed by atoms with Crippen molar-refractivity contribution in [2.24, 2.45) is 5.73 Å². The van der Waals surface area contributed by atoms with Gasteiger partial charge in [0.15, 0.2) is 0 Å². The lowest BCUT2D eigenvalue weighted by molar-refractivity contribution is 0.100. The Morgan fingerprint density at radius 2 is 2.05 bits per heavy atom. The summed E-state index contributed by atoms with van der Waals surface area (Å²) in [5, 5.41) is 12.1. The van der Waals surface area contributed by atoms with Gasteiger partial charge >= 0.3 is 0 Å². The van der Waals surface area contributed by atoms with Crippen LogP contribution in [0.5, 0.6) is 0 Å². The average Bonchev–Trinajstić information content (AvgIpc) is 2.45. The van der Waals surface area contributed by atoms with Gasteiger partial charge in [0.2, 0.25) is 0 Å². The average molecular weight is 257 g/mol. The maximum atomic E-state index is 11.2. The van der Waals surface area contributed by atoms with Crippen molar-refractivity contribution < 1.29 is 9.90 Å². The number of aliphatic hydroxyl groups excluding tert-OH is 1. The van der Waals surface area contributed by atoms with E-state index in [1.54, 1.807) is 18.3 Å². The van der Waals surface area contributed by atoms with Gasteiger partial charge in [0, 0.05) is 12.7 Å². The molecule has 1 amide bonds. The Kier molecular flexibility index (Phi) is 4.10. The number of pyridine rings is 1. The number of nitrogens with zero attached hydrogens (tertiary/aromatic N) is 1. The number of primary amides is 1. The van der Waals surface area contributed by atoms with E-state index in [1.165, 1.54) is 0 Å². The van der Waals surface area contributed by atoms with Gasteiger partial charge in [-0.3, -0.25) is 4.79 Å².